The van der Waals surface area contributed by atoms with Crippen molar-refractivity contribution in [3.8, 4) is 0 Å². The maximum Gasteiger partial charge on any atom is 0.144 e. The van der Waals surface area contributed by atoms with Crippen LogP contribution in [0.1, 0.15) is 26.3 Å². The van der Waals surface area contributed by atoms with Crippen LogP contribution in [-0.2, 0) is 0 Å². The number of hydrogen-bond acceptors (Lipinski definition) is 2. The number of nitrogens with zero attached hydrogens (tertiary/aromatic N) is 1. The van der Waals surface area contributed by atoms with Crippen LogP contribution in [0.3, 0.4) is 0 Å². The molecule has 0 aliphatic rings. The minimum Gasteiger partial charge on any atom is -0.308 e. The van der Waals surface area contributed by atoms with Crippen molar-refractivity contribution in [2.45, 2.75) is 26.3 Å². The van der Waals surface area contributed by atoms with E-state index in [4.69, 9.17) is 5.84 Å². The number of aliphatic imine (C=N–C) groups is 1. The van der Waals surface area contributed by atoms with Gasteiger partial charge in [-0.25, -0.2) is 5.84 Å². The normalized spacial score (nSPS) is 12.8. The molecule has 0 heterocycles. The zero-order chi connectivity index (χ0) is 12.3. The first-order valence-corrected chi connectivity index (χ1v) is 6.44. The molecule has 0 spiro atoms. The highest BCUT2D eigenvalue weighted by molar-refractivity contribution is 9.11. The molecule has 0 saturated carbocycles. The van der Waals surface area contributed by atoms with Crippen LogP contribution in [0.2, 0.25) is 0 Å². The Hall–Kier alpha value is -0.390. The van der Waals surface area contributed by atoms with Crippen molar-refractivity contribution in [2.24, 2.45) is 10.8 Å². The Kier molecular flexibility index (Phi) is 4.52. The zero-order valence-corrected chi connectivity index (χ0v) is 12.7. The fourth-order valence-electron chi connectivity index (χ4n) is 1.19. The Bertz CT molecular complexity index is 408. The summed E-state index contributed by atoms with van der Waals surface area (Å²) in [7, 11) is 0. The molecule has 0 radical (unpaired) electrons. The van der Waals surface area contributed by atoms with Crippen LogP contribution in [0.4, 0.5) is 0 Å². The largest absolute Gasteiger partial charge is 0.308 e. The number of hydrogen-bond donors (Lipinski definition) is 2. The summed E-state index contributed by atoms with van der Waals surface area (Å²) in [4.78, 5) is 4.52. The smallest absolute Gasteiger partial charge is 0.144 e. The van der Waals surface area contributed by atoms with E-state index in [0.29, 0.717) is 5.84 Å². The number of nitrogens with two attached hydrogens (primary N) is 1. The number of nitrogens with one attached hydrogen (secondary N) is 1. The molecule has 16 heavy (non-hydrogen) atoms. The van der Waals surface area contributed by atoms with E-state index >= 15 is 0 Å². The fraction of sp³-hybridized carbons (Fsp3) is 0.364. The van der Waals surface area contributed by atoms with Crippen LogP contribution in [0.25, 0.3) is 0 Å². The van der Waals surface area contributed by atoms with Gasteiger partial charge in [0.05, 0.1) is 5.54 Å². The molecule has 1 aromatic rings. The Balaban J connectivity index is 3.19. The predicted molar refractivity (Wildman–Crippen MR) is 75.5 cm³/mol. The first-order chi connectivity index (χ1) is 7.33. The van der Waals surface area contributed by atoms with E-state index in [-0.39, 0.29) is 5.54 Å². The highest BCUT2D eigenvalue weighted by atomic mass is 79.9. The molecule has 0 atom stereocenters. The lowest BCUT2D eigenvalue weighted by atomic mass is 10.1. The van der Waals surface area contributed by atoms with Gasteiger partial charge in [-0.15, -0.1) is 0 Å². The topological polar surface area (TPSA) is 50.4 Å². The monoisotopic (exact) mass is 347 g/mol. The molecule has 88 valence electrons. The summed E-state index contributed by atoms with van der Waals surface area (Å²) < 4.78 is 1.96. The highest BCUT2D eigenvalue weighted by Gasteiger charge is 2.13. The molecular weight excluding hydrogens is 334 g/mol. The van der Waals surface area contributed by atoms with E-state index in [0.717, 1.165) is 14.5 Å². The number of hydrazine groups is 1. The van der Waals surface area contributed by atoms with Crippen LogP contribution in [0.5, 0.6) is 0 Å². The van der Waals surface area contributed by atoms with Crippen LogP contribution < -0.4 is 11.3 Å². The Morgan fingerprint density at radius 1 is 1.31 bits per heavy atom. The summed E-state index contributed by atoms with van der Waals surface area (Å²) in [5.41, 5.74) is 3.41. The fourth-order valence-corrected chi connectivity index (χ4v) is 2.42. The van der Waals surface area contributed by atoms with Gasteiger partial charge < -0.3 is 5.43 Å². The Morgan fingerprint density at radius 3 is 2.38 bits per heavy atom. The lowest BCUT2D eigenvalue weighted by Gasteiger charge is -2.16. The molecule has 3 nitrogen and oxygen atoms in total. The average molecular weight is 349 g/mol. The van der Waals surface area contributed by atoms with Crippen LogP contribution >= 0.6 is 31.9 Å². The molecule has 1 aromatic carbocycles. The summed E-state index contributed by atoms with van der Waals surface area (Å²) in [6, 6.07) is 5.87. The van der Waals surface area contributed by atoms with Crippen LogP contribution in [-0.4, -0.2) is 11.4 Å². The summed E-state index contributed by atoms with van der Waals surface area (Å²) in [6.45, 7) is 6.07. The maximum absolute atomic E-state index is 5.51. The van der Waals surface area contributed by atoms with Gasteiger partial charge in [0.2, 0.25) is 0 Å². The molecule has 0 saturated heterocycles. The molecule has 0 aromatic heterocycles. The number of halogens is 2. The molecule has 5 heteroatoms. The third-order valence-electron chi connectivity index (χ3n) is 1.77. The standard InChI is InChI=1S/C11H15Br2N3/c1-11(2,3)15-10(16-14)8-5-4-7(12)6-9(8)13/h4-6H,14H2,1-3H3,(H,15,16). The highest BCUT2D eigenvalue weighted by Crippen LogP contribution is 2.23. The predicted octanol–water partition coefficient (Wildman–Crippen LogP) is 3.22. The van der Waals surface area contributed by atoms with Crippen molar-refractivity contribution in [1.29, 1.82) is 0 Å². The van der Waals surface area contributed by atoms with Gasteiger partial charge in [-0.1, -0.05) is 15.9 Å². The molecule has 0 amide bonds. The van der Waals surface area contributed by atoms with Gasteiger partial charge in [-0.2, -0.15) is 0 Å². The van der Waals surface area contributed by atoms with Crippen molar-refractivity contribution in [2.75, 3.05) is 0 Å². The van der Waals surface area contributed by atoms with E-state index in [1.165, 1.54) is 0 Å². The van der Waals surface area contributed by atoms with E-state index < -0.39 is 0 Å². The number of amidine groups is 1. The molecule has 0 aliphatic carbocycles. The van der Waals surface area contributed by atoms with Crippen molar-refractivity contribution in [3.05, 3.63) is 32.7 Å². The van der Waals surface area contributed by atoms with Crippen molar-refractivity contribution in [3.63, 3.8) is 0 Å². The van der Waals surface area contributed by atoms with E-state index in [9.17, 15) is 0 Å². The molecule has 3 N–H and O–H groups in total. The number of rotatable bonds is 1. The summed E-state index contributed by atoms with van der Waals surface area (Å²) >= 11 is 6.90. The molecule has 1 rings (SSSR count). The van der Waals surface area contributed by atoms with Gasteiger partial charge in [-0.05, 0) is 54.9 Å². The third kappa shape index (κ3) is 3.88. The second-order valence-corrected chi connectivity index (χ2v) is 6.17. The average Bonchev–Trinajstić information content (AvgIpc) is 2.13. The van der Waals surface area contributed by atoms with Crippen molar-refractivity contribution < 1.29 is 0 Å². The Labute approximate surface area is 113 Å². The summed E-state index contributed by atoms with van der Waals surface area (Å²) in [6.07, 6.45) is 0. The molecular formula is C11H15Br2N3. The second kappa shape index (κ2) is 5.29. The Morgan fingerprint density at radius 2 is 1.94 bits per heavy atom. The van der Waals surface area contributed by atoms with E-state index in [1.54, 1.807) is 0 Å². The van der Waals surface area contributed by atoms with Crippen molar-refractivity contribution >= 4 is 37.7 Å². The number of benzene rings is 1. The SMILES string of the molecule is CC(C)(C)N=C(NN)c1ccc(Br)cc1Br. The van der Waals surface area contributed by atoms with Crippen LogP contribution in [0.15, 0.2) is 32.1 Å². The minimum absolute atomic E-state index is 0.172. The van der Waals surface area contributed by atoms with Gasteiger partial charge in [0.15, 0.2) is 0 Å². The molecule has 0 unspecified atom stereocenters. The van der Waals surface area contributed by atoms with Gasteiger partial charge in [-0.3, -0.25) is 4.99 Å². The lowest BCUT2D eigenvalue weighted by Crippen LogP contribution is -2.33. The third-order valence-corrected chi connectivity index (χ3v) is 2.92. The first kappa shape index (κ1) is 13.7. The first-order valence-electron chi connectivity index (χ1n) is 4.85. The van der Waals surface area contributed by atoms with Gasteiger partial charge in [0.25, 0.3) is 0 Å². The summed E-state index contributed by atoms with van der Waals surface area (Å²) in [5, 5.41) is 0. The molecule has 0 aliphatic heterocycles. The van der Waals surface area contributed by atoms with Gasteiger partial charge in [0.1, 0.15) is 5.84 Å². The molecule has 0 bridgehead atoms. The maximum atomic E-state index is 5.51. The zero-order valence-electron chi connectivity index (χ0n) is 9.51. The van der Waals surface area contributed by atoms with Crippen LogP contribution in [0, 0.1) is 0 Å². The van der Waals surface area contributed by atoms with E-state index in [2.05, 4.69) is 42.3 Å². The summed E-state index contributed by atoms with van der Waals surface area (Å²) in [5.74, 6) is 6.18. The lowest BCUT2D eigenvalue weighted by molar-refractivity contribution is 0.580. The van der Waals surface area contributed by atoms with Gasteiger partial charge in [0, 0.05) is 14.5 Å². The van der Waals surface area contributed by atoms with Crippen molar-refractivity contribution in [1.82, 2.24) is 5.43 Å². The molecule has 0 fully saturated rings. The minimum atomic E-state index is -0.172. The van der Waals surface area contributed by atoms with E-state index in [1.807, 2.05) is 39.0 Å². The quantitative estimate of drug-likeness (QED) is 0.354. The van der Waals surface area contributed by atoms with Gasteiger partial charge >= 0.3 is 0 Å². The second-order valence-electron chi connectivity index (χ2n) is 4.40.